The fourth-order valence-electron chi connectivity index (χ4n) is 1.29. The molecule has 1 aromatic heterocycles. The molecule has 0 saturated carbocycles. The minimum Gasteiger partial charge on any atom is -0.463 e. The third-order valence-corrected chi connectivity index (χ3v) is 2.15. The Balaban J connectivity index is 2.94. The van der Waals surface area contributed by atoms with Crippen molar-refractivity contribution in [2.45, 2.75) is 33.3 Å². The van der Waals surface area contributed by atoms with Crippen LogP contribution in [0.2, 0.25) is 0 Å². The van der Waals surface area contributed by atoms with E-state index in [9.17, 15) is 9.59 Å². The molecule has 88 valence electrons. The lowest BCUT2D eigenvalue weighted by Gasteiger charge is -2.08. The van der Waals surface area contributed by atoms with Crippen molar-refractivity contribution in [3.8, 4) is 0 Å². The molecule has 1 rings (SSSR count). The molecule has 0 unspecified atom stereocenters. The van der Waals surface area contributed by atoms with Gasteiger partial charge in [0.15, 0.2) is 4.77 Å². The van der Waals surface area contributed by atoms with E-state index in [1.807, 2.05) is 0 Å². The van der Waals surface area contributed by atoms with E-state index in [1.54, 1.807) is 20.8 Å². The molecule has 5 nitrogen and oxygen atoms in total. The van der Waals surface area contributed by atoms with E-state index >= 15 is 0 Å². The second kappa shape index (κ2) is 5.07. The number of H-pyrrole nitrogens is 2. The molecular weight excluding hydrogens is 228 g/mol. The highest BCUT2D eigenvalue weighted by atomic mass is 32.1. The Hall–Kier alpha value is -1.43. The van der Waals surface area contributed by atoms with Crippen molar-refractivity contribution in [2.75, 3.05) is 0 Å². The first-order valence-corrected chi connectivity index (χ1v) is 5.32. The summed E-state index contributed by atoms with van der Waals surface area (Å²) in [5.74, 6) is -0.422. The van der Waals surface area contributed by atoms with Gasteiger partial charge in [0.1, 0.15) is 0 Å². The normalized spacial score (nSPS) is 10.5. The molecule has 0 saturated heterocycles. The van der Waals surface area contributed by atoms with Crippen LogP contribution in [0.3, 0.4) is 0 Å². The first-order valence-electron chi connectivity index (χ1n) is 4.91. The number of hydrogen-bond acceptors (Lipinski definition) is 4. The Kier molecular flexibility index (Phi) is 4.00. The molecule has 0 spiro atoms. The summed E-state index contributed by atoms with van der Waals surface area (Å²) in [5.41, 5.74) is 0.607. The zero-order valence-electron chi connectivity index (χ0n) is 9.42. The van der Waals surface area contributed by atoms with Gasteiger partial charge in [-0.15, -0.1) is 0 Å². The highest BCUT2D eigenvalue weighted by molar-refractivity contribution is 7.71. The van der Waals surface area contributed by atoms with Crippen molar-refractivity contribution in [1.82, 2.24) is 9.97 Å². The Morgan fingerprint density at radius 1 is 1.44 bits per heavy atom. The fourth-order valence-corrected chi connectivity index (χ4v) is 1.53. The summed E-state index contributed by atoms with van der Waals surface area (Å²) in [6.45, 7) is 5.21. The maximum atomic E-state index is 11.5. The molecule has 2 N–H and O–H groups in total. The Bertz CT molecular complexity index is 502. The molecule has 6 heteroatoms. The third kappa shape index (κ3) is 3.30. The zero-order chi connectivity index (χ0) is 12.3. The first kappa shape index (κ1) is 12.6. The van der Waals surface area contributed by atoms with Gasteiger partial charge < -0.3 is 9.72 Å². The summed E-state index contributed by atoms with van der Waals surface area (Å²) in [6, 6.07) is 0. The largest absolute Gasteiger partial charge is 0.463 e. The van der Waals surface area contributed by atoms with Crippen molar-refractivity contribution in [1.29, 1.82) is 0 Å². The molecule has 0 fully saturated rings. The topological polar surface area (TPSA) is 75.0 Å². The highest BCUT2D eigenvalue weighted by Gasteiger charge is 2.12. The van der Waals surface area contributed by atoms with Gasteiger partial charge in [0.25, 0.3) is 5.56 Å². The summed E-state index contributed by atoms with van der Waals surface area (Å²) in [6.07, 6.45) is -0.236. The SMILES string of the molecule is Cc1[nH]c(=S)[nH]c(=O)c1CC(=O)OC(C)C. The van der Waals surface area contributed by atoms with Crippen LogP contribution in [0.4, 0.5) is 0 Å². The molecule has 0 bridgehead atoms. The Morgan fingerprint density at radius 3 is 2.56 bits per heavy atom. The highest BCUT2D eigenvalue weighted by Crippen LogP contribution is 2.01. The van der Waals surface area contributed by atoms with Crippen molar-refractivity contribution < 1.29 is 9.53 Å². The van der Waals surface area contributed by atoms with Crippen LogP contribution in [0.15, 0.2) is 4.79 Å². The molecule has 0 atom stereocenters. The van der Waals surface area contributed by atoms with Crippen LogP contribution in [0, 0.1) is 11.7 Å². The molecule has 0 radical (unpaired) electrons. The van der Waals surface area contributed by atoms with Crippen LogP contribution in [0.5, 0.6) is 0 Å². The summed E-state index contributed by atoms with van der Waals surface area (Å²) in [5, 5.41) is 0. The van der Waals surface area contributed by atoms with E-state index in [0.29, 0.717) is 11.3 Å². The summed E-state index contributed by atoms with van der Waals surface area (Å²) >= 11 is 4.80. The molecular formula is C10H14N2O3S. The number of esters is 1. The van der Waals surface area contributed by atoms with Gasteiger partial charge in [0.05, 0.1) is 12.5 Å². The van der Waals surface area contributed by atoms with E-state index in [0.717, 1.165) is 0 Å². The minimum absolute atomic E-state index is 0.0501. The monoisotopic (exact) mass is 242 g/mol. The molecule has 0 amide bonds. The van der Waals surface area contributed by atoms with Crippen molar-refractivity contribution in [3.63, 3.8) is 0 Å². The third-order valence-electron chi connectivity index (χ3n) is 1.94. The molecule has 0 aliphatic rings. The number of hydrogen-bond donors (Lipinski definition) is 2. The van der Waals surface area contributed by atoms with Gasteiger partial charge in [-0.1, -0.05) is 0 Å². The molecule has 0 aliphatic carbocycles. The van der Waals surface area contributed by atoms with E-state index in [1.165, 1.54) is 0 Å². The second-order valence-electron chi connectivity index (χ2n) is 3.73. The van der Waals surface area contributed by atoms with Crippen LogP contribution < -0.4 is 5.56 Å². The Morgan fingerprint density at radius 2 is 2.06 bits per heavy atom. The van der Waals surface area contributed by atoms with Gasteiger partial charge in [-0.3, -0.25) is 14.6 Å². The number of rotatable bonds is 3. The predicted octanol–water partition coefficient (Wildman–Crippen LogP) is 1.24. The average Bonchev–Trinajstić information content (AvgIpc) is 2.09. The lowest BCUT2D eigenvalue weighted by atomic mass is 10.2. The van der Waals surface area contributed by atoms with Crippen LogP contribution in [0.1, 0.15) is 25.1 Å². The molecule has 1 aromatic rings. The van der Waals surface area contributed by atoms with Crippen LogP contribution >= 0.6 is 12.2 Å². The number of ether oxygens (including phenoxy) is 1. The van der Waals surface area contributed by atoms with Gasteiger partial charge in [-0.05, 0) is 33.0 Å². The average molecular weight is 242 g/mol. The summed E-state index contributed by atoms with van der Waals surface area (Å²) < 4.78 is 5.22. The maximum Gasteiger partial charge on any atom is 0.310 e. The Labute approximate surface area is 97.9 Å². The standard InChI is InChI=1S/C10H14N2O3S/c1-5(2)15-8(13)4-7-6(3)11-10(16)12-9(7)14/h5H,4H2,1-3H3,(H2,11,12,14,16). The number of carbonyl (C=O) groups is 1. The summed E-state index contributed by atoms with van der Waals surface area (Å²) in [7, 11) is 0. The minimum atomic E-state index is -0.422. The number of nitrogens with one attached hydrogen (secondary N) is 2. The quantitative estimate of drug-likeness (QED) is 0.617. The molecule has 1 heterocycles. The van der Waals surface area contributed by atoms with Crippen LogP contribution in [-0.2, 0) is 16.0 Å². The molecule has 0 aromatic carbocycles. The van der Waals surface area contributed by atoms with Gasteiger partial charge >= 0.3 is 5.97 Å². The second-order valence-corrected chi connectivity index (χ2v) is 4.14. The van der Waals surface area contributed by atoms with E-state index < -0.39 is 5.97 Å². The van der Waals surface area contributed by atoms with Crippen molar-refractivity contribution >= 4 is 18.2 Å². The number of carbonyl (C=O) groups excluding carboxylic acids is 1. The van der Waals surface area contributed by atoms with Crippen molar-refractivity contribution in [3.05, 3.63) is 26.4 Å². The van der Waals surface area contributed by atoms with Gasteiger partial charge in [-0.25, -0.2) is 0 Å². The number of aryl methyl sites for hydroxylation is 1. The lowest BCUT2D eigenvalue weighted by Crippen LogP contribution is -2.22. The number of aromatic nitrogens is 2. The lowest BCUT2D eigenvalue weighted by molar-refractivity contribution is -0.146. The first-order chi connectivity index (χ1) is 7.40. The maximum absolute atomic E-state index is 11.5. The smallest absolute Gasteiger partial charge is 0.310 e. The van der Waals surface area contributed by atoms with Crippen LogP contribution in [-0.4, -0.2) is 22.0 Å². The summed E-state index contributed by atoms with van der Waals surface area (Å²) in [4.78, 5) is 28.2. The molecule has 16 heavy (non-hydrogen) atoms. The van der Waals surface area contributed by atoms with Crippen molar-refractivity contribution in [2.24, 2.45) is 0 Å². The van der Waals surface area contributed by atoms with Gasteiger partial charge in [0, 0.05) is 11.3 Å². The van der Waals surface area contributed by atoms with Crippen LogP contribution in [0.25, 0.3) is 0 Å². The molecule has 0 aliphatic heterocycles. The van der Waals surface area contributed by atoms with E-state index in [4.69, 9.17) is 17.0 Å². The van der Waals surface area contributed by atoms with E-state index in [2.05, 4.69) is 9.97 Å². The van der Waals surface area contributed by atoms with E-state index in [-0.39, 0.29) is 22.9 Å². The van der Waals surface area contributed by atoms with Gasteiger partial charge in [0.2, 0.25) is 0 Å². The fraction of sp³-hybridized carbons (Fsp3) is 0.500. The van der Waals surface area contributed by atoms with Gasteiger partial charge in [-0.2, -0.15) is 0 Å². The zero-order valence-corrected chi connectivity index (χ0v) is 10.2. The predicted molar refractivity (Wildman–Crippen MR) is 61.9 cm³/mol. The number of aromatic amines is 2.